The van der Waals surface area contributed by atoms with Gasteiger partial charge in [0.2, 0.25) is 5.91 Å². The highest BCUT2D eigenvalue weighted by Gasteiger charge is 2.41. The third kappa shape index (κ3) is 3.69. The molecule has 2 unspecified atom stereocenters. The normalized spacial score (nSPS) is 32.6. The summed E-state index contributed by atoms with van der Waals surface area (Å²) in [4.78, 5) is 11.8. The van der Waals surface area contributed by atoms with Crippen LogP contribution in [0.4, 0.5) is 0 Å². The van der Waals surface area contributed by atoms with Gasteiger partial charge in [-0.2, -0.15) is 0 Å². The van der Waals surface area contributed by atoms with Gasteiger partial charge >= 0.3 is 0 Å². The number of carbonyl (C=O) groups is 1. The summed E-state index contributed by atoms with van der Waals surface area (Å²) >= 11 is 0. The molecule has 2 atom stereocenters. The lowest BCUT2D eigenvalue weighted by Crippen LogP contribution is -2.59. The molecule has 2 fully saturated rings. The van der Waals surface area contributed by atoms with E-state index in [1.54, 1.807) is 0 Å². The summed E-state index contributed by atoms with van der Waals surface area (Å²) in [6.45, 7) is 3.66. The van der Waals surface area contributed by atoms with Crippen molar-refractivity contribution in [1.29, 1.82) is 0 Å². The summed E-state index contributed by atoms with van der Waals surface area (Å²) in [5, 5.41) is 3.30. The van der Waals surface area contributed by atoms with E-state index in [-0.39, 0.29) is 12.0 Å². The SMILES string of the molecule is CCNC1(C(N)=O)CCCC(OCC2CCCC2)C1. The number of likely N-dealkylation sites (N-methyl/N-ethyl adjacent to an activating group) is 1. The number of rotatable bonds is 6. The maximum Gasteiger partial charge on any atom is 0.237 e. The van der Waals surface area contributed by atoms with Gasteiger partial charge in [0.1, 0.15) is 5.54 Å². The van der Waals surface area contributed by atoms with Crippen LogP contribution in [0.5, 0.6) is 0 Å². The molecule has 4 heteroatoms. The molecule has 110 valence electrons. The van der Waals surface area contributed by atoms with Crippen LogP contribution in [0, 0.1) is 5.92 Å². The first-order valence-electron chi connectivity index (χ1n) is 7.83. The lowest BCUT2D eigenvalue weighted by atomic mass is 9.79. The summed E-state index contributed by atoms with van der Waals surface area (Å²) in [6, 6.07) is 0. The van der Waals surface area contributed by atoms with E-state index in [4.69, 9.17) is 10.5 Å². The van der Waals surface area contributed by atoms with Gasteiger partial charge in [0.05, 0.1) is 6.10 Å². The molecule has 0 aromatic rings. The fourth-order valence-corrected chi connectivity index (χ4v) is 3.63. The molecule has 0 aromatic carbocycles. The van der Waals surface area contributed by atoms with E-state index in [9.17, 15) is 4.79 Å². The van der Waals surface area contributed by atoms with Gasteiger partial charge in [0.15, 0.2) is 0 Å². The smallest absolute Gasteiger partial charge is 0.237 e. The van der Waals surface area contributed by atoms with Gasteiger partial charge in [0, 0.05) is 13.0 Å². The molecule has 2 aliphatic carbocycles. The van der Waals surface area contributed by atoms with Gasteiger partial charge in [0.25, 0.3) is 0 Å². The molecule has 3 N–H and O–H groups in total. The molecular formula is C15H28N2O2. The minimum atomic E-state index is -0.534. The molecule has 1 amide bonds. The number of hydrogen-bond acceptors (Lipinski definition) is 3. The zero-order valence-electron chi connectivity index (χ0n) is 12.1. The third-order valence-electron chi connectivity index (χ3n) is 4.73. The van der Waals surface area contributed by atoms with Gasteiger partial charge < -0.3 is 15.8 Å². The Morgan fingerprint density at radius 2 is 2.05 bits per heavy atom. The molecule has 0 aliphatic heterocycles. The minimum Gasteiger partial charge on any atom is -0.378 e. The number of nitrogens with one attached hydrogen (secondary N) is 1. The Morgan fingerprint density at radius 3 is 2.68 bits per heavy atom. The van der Waals surface area contributed by atoms with Gasteiger partial charge in [-0.1, -0.05) is 19.8 Å². The van der Waals surface area contributed by atoms with Crippen LogP contribution in [-0.4, -0.2) is 30.7 Å². The van der Waals surface area contributed by atoms with Crippen molar-refractivity contribution in [3.63, 3.8) is 0 Å². The van der Waals surface area contributed by atoms with E-state index in [0.29, 0.717) is 0 Å². The second-order valence-electron chi connectivity index (χ2n) is 6.18. The maximum absolute atomic E-state index is 11.8. The summed E-state index contributed by atoms with van der Waals surface area (Å²) in [5.74, 6) is 0.521. The zero-order chi connectivity index (χ0) is 13.7. The number of primary amides is 1. The van der Waals surface area contributed by atoms with E-state index >= 15 is 0 Å². The maximum atomic E-state index is 11.8. The second kappa shape index (κ2) is 6.71. The number of ether oxygens (including phenoxy) is 1. The first-order valence-corrected chi connectivity index (χ1v) is 7.83. The first kappa shape index (κ1) is 14.8. The molecular weight excluding hydrogens is 240 g/mol. The van der Waals surface area contributed by atoms with Crippen molar-refractivity contribution in [2.75, 3.05) is 13.2 Å². The monoisotopic (exact) mass is 268 g/mol. The molecule has 4 nitrogen and oxygen atoms in total. The molecule has 2 aliphatic rings. The quantitative estimate of drug-likeness (QED) is 0.774. The van der Waals surface area contributed by atoms with Crippen molar-refractivity contribution in [1.82, 2.24) is 5.32 Å². The molecule has 19 heavy (non-hydrogen) atoms. The number of nitrogens with two attached hydrogens (primary N) is 1. The van der Waals surface area contributed by atoms with Crippen LogP contribution in [0.1, 0.15) is 58.3 Å². The van der Waals surface area contributed by atoms with Crippen LogP contribution in [0.25, 0.3) is 0 Å². The molecule has 0 aromatic heterocycles. The van der Waals surface area contributed by atoms with E-state index in [2.05, 4.69) is 5.32 Å². The van der Waals surface area contributed by atoms with Crippen molar-refractivity contribution < 1.29 is 9.53 Å². The highest BCUT2D eigenvalue weighted by Crippen LogP contribution is 2.32. The molecule has 0 bridgehead atoms. The van der Waals surface area contributed by atoms with E-state index in [1.807, 2.05) is 6.92 Å². The van der Waals surface area contributed by atoms with Gasteiger partial charge in [-0.25, -0.2) is 0 Å². The predicted molar refractivity (Wildman–Crippen MR) is 75.8 cm³/mol. The lowest BCUT2D eigenvalue weighted by Gasteiger charge is -2.39. The Labute approximate surface area is 116 Å². The molecule has 2 saturated carbocycles. The van der Waals surface area contributed by atoms with Crippen LogP contribution in [0.15, 0.2) is 0 Å². The predicted octanol–water partition coefficient (Wildman–Crippen LogP) is 1.97. The van der Waals surface area contributed by atoms with Crippen LogP contribution < -0.4 is 11.1 Å². The molecule has 2 rings (SSSR count). The fourth-order valence-electron chi connectivity index (χ4n) is 3.63. The van der Waals surface area contributed by atoms with Gasteiger partial charge in [-0.05, 0) is 44.6 Å². The van der Waals surface area contributed by atoms with Crippen LogP contribution in [0.2, 0.25) is 0 Å². The first-order chi connectivity index (χ1) is 9.16. The number of hydrogen-bond donors (Lipinski definition) is 2. The van der Waals surface area contributed by atoms with Crippen LogP contribution >= 0.6 is 0 Å². The van der Waals surface area contributed by atoms with Gasteiger partial charge in [-0.3, -0.25) is 4.79 Å². The molecule has 0 heterocycles. The van der Waals surface area contributed by atoms with E-state index in [0.717, 1.165) is 44.8 Å². The Balaban J connectivity index is 1.85. The topological polar surface area (TPSA) is 64.3 Å². The Bertz CT molecular complexity index is 299. The Hall–Kier alpha value is -0.610. The van der Waals surface area contributed by atoms with Crippen molar-refractivity contribution in [3.8, 4) is 0 Å². The summed E-state index contributed by atoms with van der Waals surface area (Å²) < 4.78 is 6.07. The largest absolute Gasteiger partial charge is 0.378 e. The van der Waals surface area contributed by atoms with Gasteiger partial charge in [-0.15, -0.1) is 0 Å². The third-order valence-corrected chi connectivity index (χ3v) is 4.73. The fraction of sp³-hybridized carbons (Fsp3) is 0.933. The van der Waals surface area contributed by atoms with Crippen molar-refractivity contribution in [3.05, 3.63) is 0 Å². The lowest BCUT2D eigenvalue weighted by molar-refractivity contribution is -0.128. The zero-order valence-corrected chi connectivity index (χ0v) is 12.1. The highest BCUT2D eigenvalue weighted by molar-refractivity contribution is 5.84. The molecule has 0 spiro atoms. The number of amides is 1. The summed E-state index contributed by atoms with van der Waals surface area (Å²) in [7, 11) is 0. The molecule has 0 radical (unpaired) electrons. The standard InChI is InChI=1S/C15H28N2O2/c1-2-17-15(14(16)18)9-5-8-13(10-15)19-11-12-6-3-4-7-12/h12-13,17H,2-11H2,1H3,(H2,16,18). The number of carbonyl (C=O) groups excluding carboxylic acids is 1. The van der Waals surface area contributed by atoms with Crippen molar-refractivity contribution in [2.24, 2.45) is 11.7 Å². The second-order valence-corrected chi connectivity index (χ2v) is 6.18. The Kier molecular flexibility index (Phi) is 5.22. The van der Waals surface area contributed by atoms with Crippen molar-refractivity contribution in [2.45, 2.75) is 69.9 Å². The van der Waals surface area contributed by atoms with Crippen LogP contribution in [-0.2, 0) is 9.53 Å². The molecule has 0 saturated heterocycles. The average Bonchev–Trinajstić information content (AvgIpc) is 2.90. The summed E-state index contributed by atoms with van der Waals surface area (Å²) in [6.07, 6.45) is 9.17. The summed E-state index contributed by atoms with van der Waals surface area (Å²) in [5.41, 5.74) is 5.08. The van der Waals surface area contributed by atoms with E-state index < -0.39 is 5.54 Å². The average molecular weight is 268 g/mol. The Morgan fingerprint density at radius 1 is 1.32 bits per heavy atom. The minimum absolute atomic E-state index is 0.195. The van der Waals surface area contributed by atoms with Crippen molar-refractivity contribution >= 4 is 5.91 Å². The van der Waals surface area contributed by atoms with E-state index in [1.165, 1.54) is 25.7 Å². The highest BCUT2D eigenvalue weighted by atomic mass is 16.5. The van der Waals surface area contributed by atoms with Crippen LogP contribution in [0.3, 0.4) is 0 Å².